The number of rotatable bonds is 8. The third-order valence-corrected chi connectivity index (χ3v) is 9.68. The second-order valence-electron chi connectivity index (χ2n) is 13.7. The fraction of sp³-hybridized carbons (Fsp3) is 0.140. The topological polar surface area (TPSA) is 145 Å². The van der Waals surface area contributed by atoms with Gasteiger partial charge in [0.05, 0.1) is 35.5 Å². The van der Waals surface area contributed by atoms with Gasteiger partial charge in [-0.25, -0.2) is 14.2 Å². The lowest BCUT2D eigenvalue weighted by atomic mass is 9.98. The average molecular weight is 746 g/mol. The largest absolute Gasteiger partial charge is 0.330 e. The highest BCUT2D eigenvalue weighted by atomic mass is 19.1. The molecule has 12 nitrogen and oxygen atoms in total. The van der Waals surface area contributed by atoms with Gasteiger partial charge in [-0.2, -0.15) is 4.98 Å². The van der Waals surface area contributed by atoms with E-state index in [9.17, 15) is 18.8 Å². The van der Waals surface area contributed by atoms with Crippen molar-refractivity contribution in [2.75, 3.05) is 32.8 Å². The Bertz CT molecular complexity index is 2540. The molecule has 2 aliphatic heterocycles. The monoisotopic (exact) mass is 745 g/mol. The molecule has 8 rings (SSSR count). The lowest BCUT2D eigenvalue weighted by Gasteiger charge is -2.35. The standard InChI is InChI=1S/C43H36FN9O3/c1-25-12-15-32(21-37(25)53-24-30-22-46-42(51-39(30)52(3)43(53)56)48-33-16-13-26(2)45-23-33)47-40(54)29-14-17-34-35(20-29)50-41(55)36(19-27-8-7-11-31(44)18-27)49-38(34)28-9-5-4-6-10-28/h4-18,20-23,36H,19,24H2,1-3H3,(H,47,54)(H,50,55)(H,46,48,51). The number of hydrogen-bond donors (Lipinski definition) is 3. The fourth-order valence-corrected chi connectivity index (χ4v) is 6.76. The van der Waals surface area contributed by atoms with Crippen LogP contribution in [0.3, 0.4) is 0 Å². The zero-order chi connectivity index (χ0) is 38.9. The predicted molar refractivity (Wildman–Crippen MR) is 214 cm³/mol. The van der Waals surface area contributed by atoms with E-state index in [1.54, 1.807) is 66.8 Å². The Morgan fingerprint density at radius 3 is 2.50 bits per heavy atom. The van der Waals surface area contributed by atoms with Crippen LogP contribution in [0.4, 0.5) is 43.7 Å². The van der Waals surface area contributed by atoms with Gasteiger partial charge in [0.1, 0.15) is 17.7 Å². The predicted octanol–water partition coefficient (Wildman–Crippen LogP) is 7.60. The summed E-state index contributed by atoms with van der Waals surface area (Å²) in [7, 11) is 1.66. The number of halogens is 1. The van der Waals surface area contributed by atoms with Crippen molar-refractivity contribution in [3.8, 4) is 0 Å². The number of benzene rings is 4. The molecule has 0 bridgehead atoms. The molecule has 13 heteroatoms. The number of anilines is 6. The van der Waals surface area contributed by atoms with E-state index in [4.69, 9.17) is 4.99 Å². The first kappa shape index (κ1) is 35.7. The fourth-order valence-electron chi connectivity index (χ4n) is 6.76. The number of urea groups is 1. The van der Waals surface area contributed by atoms with Crippen LogP contribution in [0, 0.1) is 19.7 Å². The van der Waals surface area contributed by atoms with Crippen molar-refractivity contribution in [2.24, 2.45) is 4.99 Å². The number of aliphatic imine (C=N–C) groups is 1. The second kappa shape index (κ2) is 14.9. The molecule has 6 aromatic rings. The Hall–Kier alpha value is -7.28. The van der Waals surface area contributed by atoms with Crippen LogP contribution in [0.2, 0.25) is 0 Å². The summed E-state index contributed by atoms with van der Waals surface area (Å²) < 4.78 is 14.0. The van der Waals surface area contributed by atoms with E-state index in [0.29, 0.717) is 51.2 Å². The van der Waals surface area contributed by atoms with Crippen molar-refractivity contribution in [3.63, 3.8) is 0 Å². The Morgan fingerprint density at radius 1 is 0.893 bits per heavy atom. The molecular weight excluding hydrogens is 710 g/mol. The van der Waals surface area contributed by atoms with Crippen LogP contribution in [0.25, 0.3) is 0 Å². The van der Waals surface area contributed by atoms with Crippen LogP contribution in [0.1, 0.15) is 43.9 Å². The number of pyridine rings is 1. The molecule has 0 saturated carbocycles. The third-order valence-electron chi connectivity index (χ3n) is 9.68. The van der Waals surface area contributed by atoms with Crippen molar-refractivity contribution in [1.29, 1.82) is 0 Å². The second-order valence-corrected chi connectivity index (χ2v) is 13.7. The number of carbonyl (C=O) groups is 3. The number of aryl methyl sites for hydroxylation is 2. The lowest BCUT2D eigenvalue weighted by molar-refractivity contribution is -0.117. The number of carbonyl (C=O) groups excluding carboxylic acids is 3. The molecule has 1 atom stereocenters. The summed E-state index contributed by atoms with van der Waals surface area (Å²) in [5.41, 5.74) is 7.65. The smallest absolute Gasteiger partial charge is 0.324 e. The molecule has 0 aliphatic carbocycles. The highest BCUT2D eigenvalue weighted by Crippen LogP contribution is 2.34. The van der Waals surface area contributed by atoms with Gasteiger partial charge < -0.3 is 16.0 Å². The molecule has 1 unspecified atom stereocenters. The Labute approximate surface area is 322 Å². The number of hydrogen-bond acceptors (Lipinski definition) is 8. The van der Waals surface area contributed by atoms with Crippen LogP contribution < -0.4 is 25.8 Å². The molecule has 3 N–H and O–H groups in total. The zero-order valence-electron chi connectivity index (χ0n) is 30.7. The van der Waals surface area contributed by atoms with Gasteiger partial charge in [0.15, 0.2) is 0 Å². The quantitative estimate of drug-likeness (QED) is 0.146. The van der Waals surface area contributed by atoms with E-state index in [-0.39, 0.29) is 24.9 Å². The first-order valence-electron chi connectivity index (χ1n) is 18.0. The summed E-state index contributed by atoms with van der Waals surface area (Å²) >= 11 is 0. The number of nitrogens with one attached hydrogen (secondary N) is 3. The van der Waals surface area contributed by atoms with E-state index >= 15 is 0 Å². The summed E-state index contributed by atoms with van der Waals surface area (Å²) in [5.74, 6) is -0.353. The Kier molecular flexibility index (Phi) is 9.48. The van der Waals surface area contributed by atoms with Gasteiger partial charge in [0.25, 0.3) is 5.91 Å². The molecule has 0 saturated heterocycles. The zero-order valence-corrected chi connectivity index (χ0v) is 30.7. The van der Waals surface area contributed by atoms with Gasteiger partial charge in [-0.05, 0) is 79.6 Å². The number of benzodiazepines with no additional fused rings is 1. The molecule has 0 fully saturated rings. The average Bonchev–Trinajstić information content (AvgIpc) is 3.33. The molecule has 0 radical (unpaired) electrons. The van der Waals surface area contributed by atoms with E-state index in [1.165, 1.54) is 17.0 Å². The summed E-state index contributed by atoms with van der Waals surface area (Å²) in [6.07, 6.45) is 3.57. The summed E-state index contributed by atoms with van der Waals surface area (Å²) in [4.78, 5) is 62.5. The van der Waals surface area contributed by atoms with E-state index < -0.39 is 17.8 Å². The van der Waals surface area contributed by atoms with E-state index in [1.807, 2.05) is 62.4 Å². The van der Waals surface area contributed by atoms with Crippen molar-refractivity contribution in [2.45, 2.75) is 32.9 Å². The van der Waals surface area contributed by atoms with Gasteiger partial charge in [-0.3, -0.25) is 29.4 Å². The van der Waals surface area contributed by atoms with Gasteiger partial charge in [-0.15, -0.1) is 0 Å². The number of aromatic nitrogens is 3. The molecule has 2 aliphatic rings. The van der Waals surface area contributed by atoms with Crippen LogP contribution in [0.15, 0.2) is 121 Å². The van der Waals surface area contributed by atoms with Gasteiger partial charge in [-0.1, -0.05) is 48.5 Å². The van der Waals surface area contributed by atoms with Crippen molar-refractivity contribution < 1.29 is 18.8 Å². The van der Waals surface area contributed by atoms with Gasteiger partial charge >= 0.3 is 6.03 Å². The molecule has 278 valence electrons. The highest BCUT2D eigenvalue weighted by Gasteiger charge is 2.32. The normalized spacial score (nSPS) is 14.9. The maximum atomic E-state index is 14.0. The minimum Gasteiger partial charge on any atom is -0.324 e. The number of fused-ring (bicyclic) bond motifs is 2. The van der Waals surface area contributed by atoms with Gasteiger partial charge in [0.2, 0.25) is 11.9 Å². The van der Waals surface area contributed by atoms with E-state index in [0.717, 1.165) is 28.1 Å². The first-order valence-corrected chi connectivity index (χ1v) is 18.0. The Balaban J connectivity index is 1.03. The van der Waals surface area contributed by atoms with Crippen LogP contribution in [-0.2, 0) is 17.8 Å². The van der Waals surface area contributed by atoms with Crippen LogP contribution in [0.5, 0.6) is 0 Å². The third kappa shape index (κ3) is 7.29. The molecule has 2 aromatic heterocycles. The molecular formula is C43H36FN9O3. The van der Waals surface area contributed by atoms with E-state index in [2.05, 4.69) is 30.9 Å². The molecule has 4 amide bonds. The van der Waals surface area contributed by atoms with Crippen molar-refractivity contribution >= 4 is 58.1 Å². The SMILES string of the molecule is Cc1ccc(Nc2ncc3c(n2)N(C)C(=O)N(c2cc(NC(=O)c4ccc5c(c4)NC(=O)C(Cc4cccc(F)c4)N=C5c4ccccc4)ccc2C)C3)cn1. The lowest BCUT2D eigenvalue weighted by Crippen LogP contribution is -2.46. The minimum atomic E-state index is -0.840. The molecule has 4 aromatic carbocycles. The highest BCUT2D eigenvalue weighted by molar-refractivity contribution is 6.20. The number of nitrogens with zero attached hydrogens (tertiary/aromatic N) is 6. The van der Waals surface area contributed by atoms with Gasteiger partial charge in [0, 0.05) is 53.3 Å². The molecule has 0 spiro atoms. The van der Waals surface area contributed by atoms with Crippen molar-refractivity contribution in [1.82, 2.24) is 15.0 Å². The summed E-state index contributed by atoms with van der Waals surface area (Å²) in [6, 6.07) is 28.7. The number of amides is 4. The van der Waals surface area contributed by atoms with Crippen molar-refractivity contribution in [3.05, 3.63) is 160 Å². The summed E-state index contributed by atoms with van der Waals surface area (Å²) in [6.45, 7) is 4.02. The Morgan fingerprint density at radius 2 is 1.71 bits per heavy atom. The molecule has 56 heavy (non-hydrogen) atoms. The van der Waals surface area contributed by atoms with Crippen LogP contribution >= 0.6 is 0 Å². The van der Waals surface area contributed by atoms with Crippen LogP contribution in [-0.4, -0.2) is 51.6 Å². The maximum absolute atomic E-state index is 14.0. The minimum absolute atomic E-state index is 0.190. The summed E-state index contributed by atoms with van der Waals surface area (Å²) in [5, 5.41) is 9.07. The maximum Gasteiger partial charge on any atom is 0.330 e. The molecule has 4 heterocycles. The first-order chi connectivity index (χ1) is 27.1.